The van der Waals surface area contributed by atoms with Crippen LogP contribution in [-0.2, 0) is 28.0 Å². The first kappa shape index (κ1) is 22.0. The average molecular weight is 406 g/mol. The normalized spacial score (nSPS) is 11.8. The lowest BCUT2D eigenvalue weighted by molar-refractivity contribution is -0.0258. The van der Waals surface area contributed by atoms with Crippen LogP contribution >= 0.6 is 0 Å². The summed E-state index contributed by atoms with van der Waals surface area (Å²) in [5.74, 6) is -0.340. The summed E-state index contributed by atoms with van der Waals surface area (Å²) in [6.07, 6.45) is 0. The van der Waals surface area contributed by atoms with E-state index in [0.717, 1.165) is 23.1 Å². The molecule has 0 radical (unpaired) electrons. The van der Waals surface area contributed by atoms with Crippen molar-refractivity contribution in [1.29, 1.82) is 0 Å². The van der Waals surface area contributed by atoms with E-state index in [9.17, 15) is 13.2 Å². The molecule has 0 heterocycles. The molecule has 8 heteroatoms. The molecule has 1 amide bonds. The topological polar surface area (TPSA) is 79.0 Å². The predicted octanol–water partition coefficient (Wildman–Crippen LogP) is 2.25. The third-order valence-corrected chi connectivity index (χ3v) is 6.10. The SMILES string of the molecule is CCN(C)Cc1cccc(CNC(=O)c2cccc(S(=O)(=O)N(C)OC)c2)c1. The Kier molecular flexibility index (Phi) is 7.70. The Morgan fingerprint density at radius 2 is 1.75 bits per heavy atom. The van der Waals surface area contributed by atoms with Crippen LogP contribution in [0.2, 0.25) is 0 Å². The molecule has 7 nitrogen and oxygen atoms in total. The van der Waals surface area contributed by atoms with Gasteiger partial charge in [-0.25, -0.2) is 8.42 Å². The maximum absolute atomic E-state index is 12.5. The molecule has 0 atom stereocenters. The number of sulfonamides is 1. The number of nitrogens with zero attached hydrogens (tertiary/aromatic N) is 2. The van der Waals surface area contributed by atoms with E-state index < -0.39 is 10.0 Å². The van der Waals surface area contributed by atoms with Gasteiger partial charge in [0.1, 0.15) is 0 Å². The number of hydrogen-bond donors (Lipinski definition) is 1. The van der Waals surface area contributed by atoms with Gasteiger partial charge in [-0.15, -0.1) is 0 Å². The van der Waals surface area contributed by atoms with E-state index in [1.54, 1.807) is 6.07 Å². The average Bonchev–Trinajstić information content (AvgIpc) is 2.71. The highest BCUT2D eigenvalue weighted by Crippen LogP contribution is 2.16. The molecule has 2 aromatic carbocycles. The van der Waals surface area contributed by atoms with Crippen LogP contribution in [0.3, 0.4) is 0 Å². The molecule has 2 aromatic rings. The number of benzene rings is 2. The van der Waals surface area contributed by atoms with Crippen molar-refractivity contribution >= 4 is 15.9 Å². The molecule has 0 aromatic heterocycles. The zero-order chi connectivity index (χ0) is 20.7. The Morgan fingerprint density at radius 1 is 1.07 bits per heavy atom. The van der Waals surface area contributed by atoms with E-state index in [1.165, 1.54) is 37.9 Å². The van der Waals surface area contributed by atoms with Crippen LogP contribution in [0.5, 0.6) is 0 Å². The summed E-state index contributed by atoms with van der Waals surface area (Å²) in [5, 5.41) is 2.84. The van der Waals surface area contributed by atoms with Gasteiger partial charge in [0.05, 0.1) is 12.0 Å². The number of hydrogen-bond acceptors (Lipinski definition) is 5. The van der Waals surface area contributed by atoms with E-state index in [1.807, 2.05) is 12.1 Å². The number of rotatable bonds is 9. The van der Waals surface area contributed by atoms with Crippen LogP contribution in [0.25, 0.3) is 0 Å². The Bertz CT molecular complexity index is 915. The summed E-state index contributed by atoms with van der Waals surface area (Å²) < 4.78 is 25.4. The predicted molar refractivity (Wildman–Crippen MR) is 108 cm³/mol. The van der Waals surface area contributed by atoms with Gasteiger partial charge >= 0.3 is 0 Å². The lowest BCUT2D eigenvalue weighted by atomic mass is 10.1. The molecule has 0 spiro atoms. The molecule has 0 bridgehead atoms. The van der Waals surface area contributed by atoms with E-state index in [4.69, 9.17) is 4.84 Å². The van der Waals surface area contributed by atoms with Crippen molar-refractivity contribution in [3.63, 3.8) is 0 Å². The third-order valence-electron chi connectivity index (χ3n) is 4.43. The second kappa shape index (κ2) is 9.79. The van der Waals surface area contributed by atoms with Crippen molar-refractivity contribution < 1.29 is 18.0 Å². The van der Waals surface area contributed by atoms with Gasteiger partial charge in [0.2, 0.25) is 0 Å². The maximum Gasteiger partial charge on any atom is 0.264 e. The Morgan fingerprint density at radius 3 is 2.43 bits per heavy atom. The monoisotopic (exact) mass is 405 g/mol. The largest absolute Gasteiger partial charge is 0.348 e. The van der Waals surface area contributed by atoms with Crippen LogP contribution in [0, 0.1) is 0 Å². The number of carbonyl (C=O) groups is 1. The van der Waals surface area contributed by atoms with Crippen LogP contribution in [-0.4, -0.2) is 51.4 Å². The fourth-order valence-electron chi connectivity index (χ4n) is 2.59. The minimum absolute atomic E-state index is 0.00546. The fraction of sp³-hybridized carbons (Fsp3) is 0.350. The molecule has 0 saturated heterocycles. The molecule has 2 rings (SSSR count). The molecule has 0 aliphatic heterocycles. The van der Waals surface area contributed by atoms with Crippen LogP contribution < -0.4 is 5.32 Å². The van der Waals surface area contributed by atoms with Gasteiger partial charge in [0, 0.05) is 25.7 Å². The molecule has 28 heavy (non-hydrogen) atoms. The quantitative estimate of drug-likeness (QED) is 0.648. The zero-order valence-electron chi connectivity index (χ0n) is 16.7. The van der Waals surface area contributed by atoms with Crippen molar-refractivity contribution in [2.45, 2.75) is 24.9 Å². The van der Waals surface area contributed by atoms with Gasteiger partial charge < -0.3 is 10.2 Å². The van der Waals surface area contributed by atoms with Crippen molar-refractivity contribution in [1.82, 2.24) is 14.7 Å². The number of amides is 1. The van der Waals surface area contributed by atoms with Gasteiger partial charge in [0.25, 0.3) is 15.9 Å². The van der Waals surface area contributed by atoms with Crippen LogP contribution in [0.15, 0.2) is 53.4 Å². The van der Waals surface area contributed by atoms with Crippen molar-refractivity contribution in [2.24, 2.45) is 0 Å². The van der Waals surface area contributed by atoms with Crippen molar-refractivity contribution in [2.75, 3.05) is 27.7 Å². The van der Waals surface area contributed by atoms with E-state index in [0.29, 0.717) is 6.54 Å². The van der Waals surface area contributed by atoms with Crippen LogP contribution in [0.1, 0.15) is 28.4 Å². The number of carbonyl (C=O) groups excluding carboxylic acids is 1. The summed E-state index contributed by atoms with van der Waals surface area (Å²) >= 11 is 0. The lowest BCUT2D eigenvalue weighted by Crippen LogP contribution is -2.27. The Labute approximate surface area is 166 Å². The molecule has 0 fully saturated rings. The van der Waals surface area contributed by atoms with Gasteiger partial charge in [-0.1, -0.05) is 41.7 Å². The van der Waals surface area contributed by atoms with Gasteiger partial charge in [-0.3, -0.25) is 9.63 Å². The Hall–Kier alpha value is -2.26. The summed E-state index contributed by atoms with van der Waals surface area (Å²) in [6.45, 7) is 4.25. The zero-order valence-corrected chi connectivity index (χ0v) is 17.5. The first-order chi connectivity index (χ1) is 13.3. The number of hydroxylamine groups is 1. The van der Waals surface area contributed by atoms with Crippen molar-refractivity contribution in [3.05, 3.63) is 65.2 Å². The number of nitrogens with one attached hydrogen (secondary N) is 1. The second-order valence-electron chi connectivity index (χ2n) is 6.46. The summed E-state index contributed by atoms with van der Waals surface area (Å²) in [7, 11) is 0.808. The molecular weight excluding hydrogens is 378 g/mol. The first-order valence-corrected chi connectivity index (χ1v) is 10.4. The molecule has 0 aliphatic carbocycles. The molecule has 0 aliphatic rings. The molecule has 0 unspecified atom stereocenters. The molecule has 152 valence electrons. The van der Waals surface area contributed by atoms with E-state index in [2.05, 4.69) is 36.3 Å². The van der Waals surface area contributed by atoms with E-state index in [-0.39, 0.29) is 16.4 Å². The highest BCUT2D eigenvalue weighted by molar-refractivity contribution is 7.89. The third kappa shape index (κ3) is 5.62. The minimum atomic E-state index is -3.81. The minimum Gasteiger partial charge on any atom is -0.348 e. The van der Waals surface area contributed by atoms with Crippen molar-refractivity contribution in [3.8, 4) is 0 Å². The Balaban J connectivity index is 2.08. The highest BCUT2D eigenvalue weighted by Gasteiger charge is 2.21. The van der Waals surface area contributed by atoms with Gasteiger partial charge in [-0.05, 0) is 42.9 Å². The highest BCUT2D eigenvalue weighted by atomic mass is 32.2. The summed E-state index contributed by atoms with van der Waals surface area (Å²) in [5.41, 5.74) is 2.43. The van der Waals surface area contributed by atoms with Gasteiger partial charge in [0.15, 0.2) is 0 Å². The fourth-order valence-corrected chi connectivity index (χ4v) is 3.61. The lowest BCUT2D eigenvalue weighted by Gasteiger charge is -2.15. The summed E-state index contributed by atoms with van der Waals surface area (Å²) in [6, 6.07) is 13.9. The van der Waals surface area contributed by atoms with Crippen LogP contribution in [0.4, 0.5) is 0 Å². The standard InChI is InChI=1S/C20H27N3O4S/c1-5-22(2)15-17-9-6-8-16(12-17)14-21-20(24)18-10-7-11-19(13-18)28(25,26)23(3)27-4/h6-13H,5,14-15H2,1-4H3,(H,21,24). The molecule has 0 saturated carbocycles. The van der Waals surface area contributed by atoms with Gasteiger partial charge in [-0.2, -0.15) is 0 Å². The van der Waals surface area contributed by atoms with E-state index >= 15 is 0 Å². The summed E-state index contributed by atoms with van der Waals surface area (Å²) in [4.78, 5) is 19.4. The second-order valence-corrected chi connectivity index (χ2v) is 8.39. The maximum atomic E-state index is 12.5. The first-order valence-electron chi connectivity index (χ1n) is 8.95. The molecular formula is C20H27N3O4S. The molecule has 1 N–H and O–H groups in total. The smallest absolute Gasteiger partial charge is 0.264 e.